The lowest BCUT2D eigenvalue weighted by Crippen LogP contribution is -2.35. The summed E-state index contributed by atoms with van der Waals surface area (Å²) >= 11 is 0. The van der Waals surface area contributed by atoms with Crippen molar-refractivity contribution >= 4 is 22.6 Å². The first-order chi connectivity index (χ1) is 7.39. The van der Waals surface area contributed by atoms with Gasteiger partial charge < -0.3 is 10.7 Å². The Morgan fingerprint density at radius 1 is 1.31 bits per heavy atom. The van der Waals surface area contributed by atoms with Crippen LogP contribution in [-0.2, 0) is 0 Å². The third-order valence-electron chi connectivity index (χ3n) is 2.64. The topological polar surface area (TPSA) is 58.9 Å². The largest absolute Gasteiger partial charge is 0.366 e. The SMILES string of the molecule is C[N+](C)(C)c1cc2c(C(N)=O)cccc2[nH]1. The molecule has 0 unspecified atom stereocenters. The van der Waals surface area contributed by atoms with E-state index >= 15 is 0 Å². The van der Waals surface area contributed by atoms with Crippen molar-refractivity contribution in [3.63, 3.8) is 0 Å². The van der Waals surface area contributed by atoms with Crippen molar-refractivity contribution in [2.45, 2.75) is 0 Å². The number of carbonyl (C=O) groups excluding carboxylic acids is 1. The molecule has 84 valence electrons. The summed E-state index contributed by atoms with van der Waals surface area (Å²) in [5, 5.41) is 0.887. The lowest BCUT2D eigenvalue weighted by molar-refractivity contribution is 0.100. The first-order valence-corrected chi connectivity index (χ1v) is 5.13. The molecule has 3 N–H and O–H groups in total. The van der Waals surface area contributed by atoms with Crippen molar-refractivity contribution in [3.05, 3.63) is 29.8 Å². The molecule has 2 rings (SSSR count). The van der Waals surface area contributed by atoms with Crippen LogP contribution in [0, 0.1) is 0 Å². The van der Waals surface area contributed by atoms with Crippen LogP contribution >= 0.6 is 0 Å². The molecule has 16 heavy (non-hydrogen) atoms. The second kappa shape index (κ2) is 3.35. The summed E-state index contributed by atoms with van der Waals surface area (Å²) in [5.41, 5.74) is 6.85. The molecule has 0 saturated carbocycles. The van der Waals surface area contributed by atoms with Crippen molar-refractivity contribution in [1.29, 1.82) is 0 Å². The molecule has 0 aliphatic carbocycles. The van der Waals surface area contributed by atoms with E-state index in [2.05, 4.69) is 26.1 Å². The van der Waals surface area contributed by atoms with E-state index in [0.29, 0.717) is 10.0 Å². The highest BCUT2D eigenvalue weighted by Crippen LogP contribution is 2.25. The second-order valence-electron chi connectivity index (χ2n) is 4.80. The number of nitrogens with one attached hydrogen (secondary N) is 1. The highest BCUT2D eigenvalue weighted by Gasteiger charge is 2.17. The molecule has 1 aromatic heterocycles. The number of H-pyrrole nitrogens is 1. The molecule has 0 aliphatic heterocycles. The molecule has 0 fully saturated rings. The van der Waals surface area contributed by atoms with Crippen LogP contribution in [0.25, 0.3) is 10.9 Å². The van der Waals surface area contributed by atoms with Crippen molar-refractivity contribution in [3.8, 4) is 0 Å². The Morgan fingerprint density at radius 3 is 2.56 bits per heavy atom. The highest BCUT2D eigenvalue weighted by atomic mass is 16.1. The van der Waals surface area contributed by atoms with Gasteiger partial charge in [0.15, 0.2) is 0 Å². The molecule has 4 heteroatoms. The van der Waals surface area contributed by atoms with Crippen LogP contribution in [0.15, 0.2) is 24.3 Å². The maximum atomic E-state index is 11.3. The van der Waals surface area contributed by atoms with E-state index in [1.54, 1.807) is 6.07 Å². The van der Waals surface area contributed by atoms with E-state index in [0.717, 1.165) is 16.7 Å². The van der Waals surface area contributed by atoms with E-state index in [1.807, 2.05) is 18.2 Å². The third kappa shape index (κ3) is 1.67. The molecule has 1 heterocycles. The number of carbonyl (C=O) groups is 1. The molecular formula is C12H16N3O+. The normalized spacial score (nSPS) is 11.9. The molecule has 0 saturated heterocycles. The fraction of sp³-hybridized carbons (Fsp3) is 0.250. The number of fused-ring (bicyclic) bond motifs is 1. The minimum absolute atomic E-state index is 0.391. The van der Waals surface area contributed by atoms with Gasteiger partial charge in [0.25, 0.3) is 0 Å². The van der Waals surface area contributed by atoms with Crippen LogP contribution in [0.4, 0.5) is 5.82 Å². The number of aromatic amines is 1. The summed E-state index contributed by atoms with van der Waals surface area (Å²) in [6, 6.07) is 7.51. The number of hydrogen-bond acceptors (Lipinski definition) is 1. The Labute approximate surface area is 94.3 Å². The molecule has 1 aromatic carbocycles. The minimum Gasteiger partial charge on any atom is -0.366 e. The van der Waals surface area contributed by atoms with Crippen molar-refractivity contribution in [2.75, 3.05) is 21.1 Å². The zero-order valence-electron chi connectivity index (χ0n) is 9.74. The monoisotopic (exact) mass is 218 g/mol. The predicted octanol–water partition coefficient (Wildman–Crippen LogP) is 1.46. The average molecular weight is 218 g/mol. The Bertz CT molecular complexity index is 549. The van der Waals surface area contributed by atoms with Crippen molar-refractivity contribution in [2.24, 2.45) is 5.73 Å². The summed E-state index contributed by atoms with van der Waals surface area (Å²) in [5.74, 6) is 0.654. The molecule has 4 nitrogen and oxygen atoms in total. The lowest BCUT2D eigenvalue weighted by atomic mass is 10.1. The van der Waals surface area contributed by atoms with Crippen LogP contribution in [0.2, 0.25) is 0 Å². The summed E-state index contributed by atoms with van der Waals surface area (Å²) in [6.45, 7) is 0. The maximum Gasteiger partial charge on any atom is 0.249 e. The van der Waals surface area contributed by atoms with Gasteiger partial charge in [-0.1, -0.05) is 6.07 Å². The Morgan fingerprint density at radius 2 is 2.00 bits per heavy atom. The van der Waals surface area contributed by atoms with Crippen molar-refractivity contribution < 1.29 is 4.79 Å². The van der Waals surface area contributed by atoms with Gasteiger partial charge in [-0.05, 0) is 12.1 Å². The van der Waals surface area contributed by atoms with E-state index in [1.165, 1.54) is 0 Å². The number of primary amides is 1. The molecule has 0 bridgehead atoms. The van der Waals surface area contributed by atoms with Gasteiger partial charge in [-0.15, -0.1) is 0 Å². The van der Waals surface area contributed by atoms with E-state index < -0.39 is 5.91 Å². The van der Waals surface area contributed by atoms with Gasteiger partial charge in [-0.25, -0.2) is 0 Å². The number of hydrogen-bond donors (Lipinski definition) is 2. The van der Waals surface area contributed by atoms with Gasteiger partial charge >= 0.3 is 0 Å². The Hall–Kier alpha value is -1.81. The van der Waals surface area contributed by atoms with E-state index in [4.69, 9.17) is 5.73 Å². The third-order valence-corrected chi connectivity index (χ3v) is 2.64. The molecular weight excluding hydrogens is 202 g/mol. The number of benzene rings is 1. The first kappa shape index (κ1) is 10.7. The molecule has 1 amide bonds. The average Bonchev–Trinajstić information content (AvgIpc) is 2.59. The Balaban J connectivity index is 2.71. The van der Waals surface area contributed by atoms with Crippen molar-refractivity contribution in [1.82, 2.24) is 9.47 Å². The molecule has 0 radical (unpaired) electrons. The zero-order valence-corrected chi connectivity index (χ0v) is 9.74. The number of aromatic nitrogens is 1. The number of nitrogens with two attached hydrogens (primary N) is 1. The standard InChI is InChI=1S/C12H15N3O/c1-15(2,3)11-7-9-8(12(13)16)5-4-6-10(9)14-11/h4-7H,1-3H3,(H2-,13,14,16)/p+1. The summed E-state index contributed by atoms with van der Waals surface area (Å²) < 4.78 is 0.673. The van der Waals surface area contributed by atoms with Crippen LogP contribution in [0.5, 0.6) is 0 Å². The van der Waals surface area contributed by atoms with Gasteiger partial charge in [0.05, 0.1) is 26.7 Å². The molecule has 0 atom stereocenters. The number of rotatable bonds is 2. The Kier molecular flexibility index (Phi) is 2.24. The second-order valence-corrected chi connectivity index (χ2v) is 4.80. The lowest BCUT2D eigenvalue weighted by Gasteiger charge is -2.20. The number of amides is 1. The van der Waals surface area contributed by atoms with Gasteiger partial charge in [0.1, 0.15) is 0 Å². The fourth-order valence-electron chi connectivity index (χ4n) is 1.72. The van der Waals surface area contributed by atoms with Crippen LogP contribution < -0.4 is 10.2 Å². The molecule has 2 aromatic rings. The van der Waals surface area contributed by atoms with Crippen LogP contribution in [-0.4, -0.2) is 32.0 Å². The maximum absolute atomic E-state index is 11.3. The molecule has 0 aliphatic rings. The van der Waals surface area contributed by atoms with Crippen LogP contribution in [0.3, 0.4) is 0 Å². The smallest absolute Gasteiger partial charge is 0.249 e. The summed E-state index contributed by atoms with van der Waals surface area (Å²) in [4.78, 5) is 14.6. The number of quaternary nitrogens is 1. The summed E-state index contributed by atoms with van der Waals surface area (Å²) in [6.07, 6.45) is 0. The predicted molar refractivity (Wildman–Crippen MR) is 66.4 cm³/mol. The van der Waals surface area contributed by atoms with E-state index in [-0.39, 0.29) is 0 Å². The van der Waals surface area contributed by atoms with Gasteiger partial charge in [0, 0.05) is 17.0 Å². The van der Waals surface area contributed by atoms with Crippen LogP contribution in [0.1, 0.15) is 10.4 Å². The first-order valence-electron chi connectivity index (χ1n) is 5.13. The molecule has 0 spiro atoms. The number of nitrogens with zero attached hydrogens (tertiary/aromatic N) is 1. The van der Waals surface area contributed by atoms with Gasteiger partial charge in [-0.2, -0.15) is 0 Å². The zero-order chi connectivity index (χ0) is 11.9. The summed E-state index contributed by atoms with van der Waals surface area (Å²) in [7, 11) is 6.19. The quantitative estimate of drug-likeness (QED) is 0.737. The van der Waals surface area contributed by atoms with Gasteiger partial charge in [-0.3, -0.25) is 9.28 Å². The minimum atomic E-state index is -0.391. The van der Waals surface area contributed by atoms with E-state index in [9.17, 15) is 4.79 Å². The van der Waals surface area contributed by atoms with Gasteiger partial charge in [0.2, 0.25) is 11.7 Å². The highest BCUT2D eigenvalue weighted by molar-refractivity contribution is 6.06. The fourth-order valence-corrected chi connectivity index (χ4v) is 1.72.